The molecule has 0 bridgehead atoms. The fourth-order valence-electron chi connectivity index (χ4n) is 3.39. The second-order valence-corrected chi connectivity index (χ2v) is 7.52. The van der Waals surface area contributed by atoms with Crippen LogP contribution in [0.4, 0.5) is 0 Å². The van der Waals surface area contributed by atoms with E-state index in [-0.39, 0.29) is 30.3 Å². The molecule has 0 radical (unpaired) electrons. The van der Waals surface area contributed by atoms with Crippen molar-refractivity contribution in [2.45, 2.75) is 39.5 Å². The van der Waals surface area contributed by atoms with Crippen molar-refractivity contribution in [3.63, 3.8) is 0 Å². The number of ether oxygens (including phenoxy) is 1. The Morgan fingerprint density at radius 2 is 1.59 bits per heavy atom. The molecule has 0 spiro atoms. The van der Waals surface area contributed by atoms with Crippen molar-refractivity contribution in [3.05, 3.63) is 29.3 Å². The number of benzene rings is 1. The van der Waals surface area contributed by atoms with Gasteiger partial charge in [0.1, 0.15) is 5.75 Å². The van der Waals surface area contributed by atoms with E-state index in [1.54, 1.807) is 0 Å². The van der Waals surface area contributed by atoms with E-state index in [0.29, 0.717) is 31.7 Å². The Morgan fingerprint density at radius 3 is 2.19 bits per heavy atom. The molecular weight excluding hydrogens is 346 g/mol. The highest BCUT2D eigenvalue weighted by Gasteiger charge is 2.35. The highest BCUT2D eigenvalue weighted by molar-refractivity contribution is 5.84. The molecule has 0 atom stereocenters. The number of nitrogens with one attached hydrogen (secondary N) is 2. The first-order valence-corrected chi connectivity index (χ1v) is 9.51. The zero-order valence-electron chi connectivity index (χ0n) is 15.9. The van der Waals surface area contributed by atoms with Crippen LogP contribution in [-0.4, -0.2) is 42.3 Å². The summed E-state index contributed by atoms with van der Waals surface area (Å²) in [6.07, 6.45) is 3.24. The zero-order valence-corrected chi connectivity index (χ0v) is 15.9. The molecule has 2 aliphatic rings. The summed E-state index contributed by atoms with van der Waals surface area (Å²) in [5, 5.41) is 0. The fraction of sp³-hybridized carbons (Fsp3) is 0.550. The van der Waals surface area contributed by atoms with Gasteiger partial charge >= 0.3 is 0 Å². The molecule has 1 aliphatic heterocycles. The van der Waals surface area contributed by atoms with Crippen LogP contribution in [0.15, 0.2) is 18.2 Å². The number of aryl methyl sites for hydroxylation is 2. The van der Waals surface area contributed by atoms with Gasteiger partial charge in [-0.1, -0.05) is 6.07 Å². The van der Waals surface area contributed by atoms with Gasteiger partial charge in [0.2, 0.25) is 11.8 Å². The lowest BCUT2D eigenvalue weighted by Gasteiger charge is -2.31. The van der Waals surface area contributed by atoms with Crippen molar-refractivity contribution in [3.8, 4) is 5.75 Å². The van der Waals surface area contributed by atoms with Gasteiger partial charge in [0.25, 0.3) is 5.91 Å². The van der Waals surface area contributed by atoms with Crippen molar-refractivity contribution < 1.29 is 19.1 Å². The maximum Gasteiger partial charge on any atom is 0.276 e. The first kappa shape index (κ1) is 19.2. The Labute approximate surface area is 159 Å². The van der Waals surface area contributed by atoms with E-state index in [1.165, 1.54) is 0 Å². The average molecular weight is 373 g/mol. The van der Waals surface area contributed by atoms with E-state index < -0.39 is 5.91 Å². The molecule has 0 aromatic heterocycles. The van der Waals surface area contributed by atoms with Gasteiger partial charge in [0.05, 0.1) is 0 Å². The van der Waals surface area contributed by atoms with E-state index >= 15 is 0 Å². The third-order valence-corrected chi connectivity index (χ3v) is 4.99. The molecule has 2 fully saturated rings. The van der Waals surface area contributed by atoms with Gasteiger partial charge in [-0.05, 0) is 62.8 Å². The van der Waals surface area contributed by atoms with Crippen molar-refractivity contribution in [2.75, 3.05) is 19.7 Å². The van der Waals surface area contributed by atoms with Crippen molar-refractivity contribution in [1.82, 2.24) is 15.8 Å². The number of hydrazine groups is 1. The quantitative estimate of drug-likeness (QED) is 0.766. The molecule has 1 saturated heterocycles. The summed E-state index contributed by atoms with van der Waals surface area (Å²) in [4.78, 5) is 38.0. The molecule has 3 amide bonds. The van der Waals surface area contributed by atoms with Crippen LogP contribution in [0, 0.1) is 25.7 Å². The van der Waals surface area contributed by atoms with Crippen LogP contribution in [0.3, 0.4) is 0 Å². The van der Waals surface area contributed by atoms with Gasteiger partial charge in [0.15, 0.2) is 6.61 Å². The summed E-state index contributed by atoms with van der Waals surface area (Å²) in [6.45, 7) is 4.97. The SMILES string of the molecule is Cc1cc(C)cc(OCC(=O)NNC(=O)C2CCN(C(=O)C3CC3)CC2)c1. The summed E-state index contributed by atoms with van der Waals surface area (Å²) in [5.41, 5.74) is 6.99. The predicted octanol–water partition coefficient (Wildman–Crippen LogP) is 1.48. The number of hydrogen-bond acceptors (Lipinski definition) is 4. The Morgan fingerprint density at radius 1 is 0.963 bits per heavy atom. The predicted molar refractivity (Wildman–Crippen MR) is 99.7 cm³/mol. The maximum atomic E-state index is 12.2. The smallest absolute Gasteiger partial charge is 0.276 e. The number of amides is 3. The topological polar surface area (TPSA) is 87.7 Å². The minimum Gasteiger partial charge on any atom is -0.484 e. The molecule has 3 rings (SSSR count). The van der Waals surface area contributed by atoms with Crippen molar-refractivity contribution >= 4 is 17.7 Å². The molecule has 7 nitrogen and oxygen atoms in total. The first-order valence-electron chi connectivity index (χ1n) is 9.51. The molecule has 2 N–H and O–H groups in total. The summed E-state index contributed by atoms with van der Waals surface area (Å²) >= 11 is 0. The molecule has 1 aliphatic carbocycles. The standard InChI is InChI=1S/C20H27N3O4/c1-13-9-14(2)11-17(10-13)27-12-18(24)21-22-19(25)15-5-7-23(8-6-15)20(26)16-3-4-16/h9-11,15-16H,3-8,12H2,1-2H3,(H,21,24)(H,22,25). The second-order valence-electron chi connectivity index (χ2n) is 7.52. The largest absolute Gasteiger partial charge is 0.484 e. The number of likely N-dealkylation sites (tertiary alicyclic amines) is 1. The third kappa shape index (κ3) is 5.45. The molecule has 1 aromatic rings. The van der Waals surface area contributed by atoms with Crippen LogP contribution in [0.1, 0.15) is 36.8 Å². The Balaban J connectivity index is 1.36. The molecule has 7 heteroatoms. The van der Waals surface area contributed by atoms with Crippen LogP contribution in [0.5, 0.6) is 5.75 Å². The Hall–Kier alpha value is -2.57. The van der Waals surface area contributed by atoms with Gasteiger partial charge in [0, 0.05) is 24.9 Å². The lowest BCUT2D eigenvalue weighted by Crippen LogP contribution is -2.49. The van der Waals surface area contributed by atoms with Gasteiger partial charge in [-0.25, -0.2) is 0 Å². The Bertz CT molecular complexity index is 702. The molecule has 0 unspecified atom stereocenters. The minimum absolute atomic E-state index is 0.169. The maximum absolute atomic E-state index is 12.2. The number of hydrogen-bond donors (Lipinski definition) is 2. The van der Waals surface area contributed by atoms with Gasteiger partial charge in [-0.15, -0.1) is 0 Å². The van der Waals surface area contributed by atoms with E-state index in [1.807, 2.05) is 36.9 Å². The van der Waals surface area contributed by atoms with E-state index in [4.69, 9.17) is 4.74 Å². The number of rotatable bonds is 5. The van der Waals surface area contributed by atoms with Crippen LogP contribution in [-0.2, 0) is 14.4 Å². The molecular formula is C20H27N3O4. The number of nitrogens with zero attached hydrogens (tertiary/aromatic N) is 1. The molecule has 1 aromatic carbocycles. The highest BCUT2D eigenvalue weighted by Crippen LogP contribution is 2.32. The summed E-state index contributed by atoms with van der Waals surface area (Å²) in [6, 6.07) is 5.74. The van der Waals surface area contributed by atoms with Crippen LogP contribution >= 0.6 is 0 Å². The van der Waals surface area contributed by atoms with E-state index in [0.717, 1.165) is 24.0 Å². The van der Waals surface area contributed by atoms with E-state index in [2.05, 4.69) is 10.9 Å². The summed E-state index contributed by atoms with van der Waals surface area (Å²) < 4.78 is 5.47. The summed E-state index contributed by atoms with van der Waals surface area (Å²) in [5.74, 6) is 0.255. The fourth-order valence-corrected chi connectivity index (χ4v) is 3.39. The van der Waals surface area contributed by atoms with Crippen LogP contribution in [0.2, 0.25) is 0 Å². The number of carbonyl (C=O) groups excluding carboxylic acids is 3. The zero-order chi connectivity index (χ0) is 19.4. The Kier molecular flexibility index (Phi) is 5.98. The van der Waals surface area contributed by atoms with E-state index in [9.17, 15) is 14.4 Å². The normalized spacial score (nSPS) is 17.3. The average Bonchev–Trinajstić information content (AvgIpc) is 3.48. The molecule has 1 saturated carbocycles. The summed E-state index contributed by atoms with van der Waals surface area (Å²) in [7, 11) is 0. The lowest BCUT2D eigenvalue weighted by molar-refractivity contribution is -0.137. The molecule has 1 heterocycles. The van der Waals surface area contributed by atoms with Gasteiger partial charge < -0.3 is 9.64 Å². The number of carbonyl (C=O) groups is 3. The third-order valence-electron chi connectivity index (χ3n) is 4.99. The van der Waals surface area contributed by atoms with Gasteiger partial charge in [-0.3, -0.25) is 25.2 Å². The molecule has 27 heavy (non-hydrogen) atoms. The van der Waals surface area contributed by atoms with Gasteiger partial charge in [-0.2, -0.15) is 0 Å². The van der Waals surface area contributed by atoms with Crippen molar-refractivity contribution in [1.29, 1.82) is 0 Å². The second kappa shape index (κ2) is 8.41. The lowest BCUT2D eigenvalue weighted by atomic mass is 9.96. The highest BCUT2D eigenvalue weighted by atomic mass is 16.5. The number of piperidine rings is 1. The minimum atomic E-state index is -0.413. The first-order chi connectivity index (χ1) is 12.9. The van der Waals surface area contributed by atoms with Crippen molar-refractivity contribution in [2.24, 2.45) is 11.8 Å². The molecule has 146 valence electrons. The van der Waals surface area contributed by atoms with Crippen LogP contribution in [0.25, 0.3) is 0 Å². The monoisotopic (exact) mass is 373 g/mol. The van der Waals surface area contributed by atoms with Crippen LogP contribution < -0.4 is 15.6 Å².